The smallest absolute Gasteiger partial charge is 0.215 e. The number of hydrogen-bond donors (Lipinski definition) is 1. The van der Waals surface area contributed by atoms with Gasteiger partial charge in [0.05, 0.1) is 5.25 Å². The van der Waals surface area contributed by atoms with Gasteiger partial charge in [-0.3, -0.25) is 4.90 Å². The first-order valence-corrected chi connectivity index (χ1v) is 8.49. The van der Waals surface area contributed by atoms with Gasteiger partial charge in [-0.05, 0) is 31.2 Å². The van der Waals surface area contributed by atoms with Gasteiger partial charge in [-0.25, -0.2) is 17.5 Å². The van der Waals surface area contributed by atoms with Gasteiger partial charge in [0.25, 0.3) is 0 Å². The normalized spacial score (nSPS) is 20.4. The standard InChI is InChI=1S/C13H18ClFN2O2S/c1-2-16-20(18,19)12-5-6-17(9-12)8-10-7-11(14)3-4-13(10)15/h3-4,7,12,16H,2,5-6,8-9H2,1H3. The van der Waals surface area contributed by atoms with Crippen molar-refractivity contribution in [3.63, 3.8) is 0 Å². The minimum atomic E-state index is -3.27. The molecule has 4 nitrogen and oxygen atoms in total. The lowest BCUT2D eigenvalue weighted by Gasteiger charge is -2.17. The molecule has 1 unspecified atom stereocenters. The first-order valence-electron chi connectivity index (χ1n) is 6.57. The fourth-order valence-electron chi connectivity index (χ4n) is 2.42. The summed E-state index contributed by atoms with van der Waals surface area (Å²) in [6, 6.07) is 4.42. The molecule has 1 saturated heterocycles. The van der Waals surface area contributed by atoms with E-state index in [4.69, 9.17) is 11.6 Å². The molecule has 1 fully saturated rings. The van der Waals surface area contributed by atoms with Crippen LogP contribution in [-0.2, 0) is 16.6 Å². The van der Waals surface area contributed by atoms with E-state index in [9.17, 15) is 12.8 Å². The van der Waals surface area contributed by atoms with Crippen LogP contribution in [0.2, 0.25) is 5.02 Å². The maximum atomic E-state index is 13.7. The third kappa shape index (κ3) is 3.69. The van der Waals surface area contributed by atoms with Gasteiger partial charge in [0.15, 0.2) is 0 Å². The summed E-state index contributed by atoms with van der Waals surface area (Å²) in [6.07, 6.45) is 0.567. The predicted octanol–water partition coefficient (Wildman–Crippen LogP) is 1.99. The summed E-state index contributed by atoms with van der Waals surface area (Å²) in [7, 11) is -3.27. The Hall–Kier alpha value is -0.690. The Labute approximate surface area is 124 Å². The summed E-state index contributed by atoms with van der Waals surface area (Å²) in [4.78, 5) is 1.94. The summed E-state index contributed by atoms with van der Waals surface area (Å²) in [5.41, 5.74) is 0.499. The number of rotatable bonds is 5. The summed E-state index contributed by atoms with van der Waals surface area (Å²) >= 11 is 5.85. The topological polar surface area (TPSA) is 49.4 Å². The van der Waals surface area contributed by atoms with Gasteiger partial charge in [-0.2, -0.15) is 0 Å². The highest BCUT2D eigenvalue weighted by molar-refractivity contribution is 7.90. The second kappa shape index (κ2) is 6.39. The molecule has 112 valence electrons. The molecule has 1 aromatic rings. The number of nitrogens with zero attached hydrogens (tertiary/aromatic N) is 1. The molecule has 1 aliphatic rings. The molecular weight excluding hydrogens is 303 g/mol. The average Bonchev–Trinajstić information content (AvgIpc) is 2.83. The van der Waals surface area contributed by atoms with Gasteiger partial charge in [-0.15, -0.1) is 0 Å². The molecule has 1 atom stereocenters. The van der Waals surface area contributed by atoms with E-state index in [0.717, 1.165) is 0 Å². The van der Waals surface area contributed by atoms with E-state index < -0.39 is 15.3 Å². The molecule has 0 aliphatic carbocycles. The van der Waals surface area contributed by atoms with E-state index in [2.05, 4.69) is 4.72 Å². The SMILES string of the molecule is CCNS(=O)(=O)C1CCN(Cc2cc(Cl)ccc2F)C1. The molecule has 1 N–H and O–H groups in total. The Balaban J connectivity index is 2.02. The largest absolute Gasteiger partial charge is 0.298 e. The van der Waals surface area contributed by atoms with Crippen molar-refractivity contribution >= 4 is 21.6 Å². The van der Waals surface area contributed by atoms with Crippen LogP contribution in [0.5, 0.6) is 0 Å². The molecule has 0 amide bonds. The Kier molecular flexibility index (Phi) is 5.01. The van der Waals surface area contributed by atoms with Gasteiger partial charge in [0.2, 0.25) is 10.0 Å². The molecule has 0 radical (unpaired) electrons. The van der Waals surface area contributed by atoms with Crippen molar-refractivity contribution in [3.8, 4) is 0 Å². The highest BCUT2D eigenvalue weighted by Crippen LogP contribution is 2.21. The number of nitrogens with one attached hydrogen (secondary N) is 1. The lowest BCUT2D eigenvalue weighted by atomic mass is 10.2. The molecule has 0 saturated carbocycles. The number of sulfonamides is 1. The van der Waals surface area contributed by atoms with Crippen LogP contribution < -0.4 is 4.72 Å². The molecule has 20 heavy (non-hydrogen) atoms. The van der Waals surface area contributed by atoms with Crippen molar-refractivity contribution in [1.29, 1.82) is 0 Å². The maximum absolute atomic E-state index is 13.7. The predicted molar refractivity (Wildman–Crippen MR) is 77.7 cm³/mol. The van der Waals surface area contributed by atoms with Gasteiger partial charge < -0.3 is 0 Å². The molecule has 0 bridgehead atoms. The molecule has 1 aliphatic heterocycles. The van der Waals surface area contributed by atoms with Crippen molar-refractivity contribution in [3.05, 3.63) is 34.6 Å². The summed E-state index contributed by atoms with van der Waals surface area (Å²) in [6.45, 7) is 3.58. The van der Waals surface area contributed by atoms with E-state index >= 15 is 0 Å². The van der Waals surface area contributed by atoms with Crippen LogP contribution in [0.25, 0.3) is 0 Å². The van der Waals surface area contributed by atoms with Gasteiger partial charge in [-0.1, -0.05) is 18.5 Å². The minimum absolute atomic E-state index is 0.313. The van der Waals surface area contributed by atoms with E-state index in [1.165, 1.54) is 12.1 Å². The summed E-state index contributed by atoms with van der Waals surface area (Å²) < 4.78 is 40.0. The van der Waals surface area contributed by atoms with E-state index in [-0.39, 0.29) is 5.82 Å². The average molecular weight is 321 g/mol. The highest BCUT2D eigenvalue weighted by atomic mass is 35.5. The number of hydrogen-bond acceptors (Lipinski definition) is 3. The lowest BCUT2D eigenvalue weighted by molar-refractivity contribution is 0.325. The van der Waals surface area contributed by atoms with Crippen molar-refractivity contribution in [2.24, 2.45) is 0 Å². The van der Waals surface area contributed by atoms with E-state index in [0.29, 0.717) is 43.2 Å². The maximum Gasteiger partial charge on any atom is 0.215 e. The highest BCUT2D eigenvalue weighted by Gasteiger charge is 2.32. The molecule has 2 rings (SSSR count). The Bertz CT molecular complexity index is 580. The number of likely N-dealkylation sites (tertiary alicyclic amines) is 1. The van der Waals surface area contributed by atoms with Crippen molar-refractivity contribution < 1.29 is 12.8 Å². The van der Waals surface area contributed by atoms with Crippen LogP contribution in [0, 0.1) is 5.82 Å². The fourth-order valence-corrected chi connectivity index (χ4v) is 4.07. The third-order valence-corrected chi connectivity index (χ3v) is 5.60. The zero-order chi connectivity index (χ0) is 14.8. The fraction of sp³-hybridized carbons (Fsp3) is 0.538. The molecule has 1 aromatic carbocycles. The first kappa shape index (κ1) is 15.7. The summed E-state index contributed by atoms with van der Waals surface area (Å²) in [5, 5.41) is 0.0575. The first-order chi connectivity index (χ1) is 9.42. The molecule has 1 heterocycles. The van der Waals surface area contributed by atoms with Gasteiger partial charge in [0, 0.05) is 30.2 Å². The van der Waals surface area contributed by atoms with Crippen molar-refractivity contribution in [2.45, 2.75) is 25.1 Å². The Morgan fingerprint density at radius 2 is 2.25 bits per heavy atom. The quantitative estimate of drug-likeness (QED) is 0.902. The van der Waals surface area contributed by atoms with Crippen LogP contribution in [0.3, 0.4) is 0 Å². The Morgan fingerprint density at radius 1 is 1.50 bits per heavy atom. The van der Waals surface area contributed by atoms with Crippen LogP contribution in [-0.4, -0.2) is 38.2 Å². The number of halogens is 2. The van der Waals surface area contributed by atoms with Crippen molar-refractivity contribution in [1.82, 2.24) is 9.62 Å². The van der Waals surface area contributed by atoms with E-state index in [1.807, 2.05) is 4.90 Å². The lowest BCUT2D eigenvalue weighted by Crippen LogP contribution is -2.36. The molecule has 7 heteroatoms. The van der Waals surface area contributed by atoms with Gasteiger partial charge >= 0.3 is 0 Å². The second-order valence-electron chi connectivity index (χ2n) is 4.92. The second-order valence-corrected chi connectivity index (χ2v) is 7.41. The Morgan fingerprint density at radius 3 is 2.95 bits per heavy atom. The van der Waals surface area contributed by atoms with Crippen molar-refractivity contribution in [2.75, 3.05) is 19.6 Å². The van der Waals surface area contributed by atoms with Crippen LogP contribution >= 0.6 is 11.6 Å². The monoisotopic (exact) mass is 320 g/mol. The van der Waals surface area contributed by atoms with Crippen LogP contribution in [0.15, 0.2) is 18.2 Å². The van der Waals surface area contributed by atoms with Gasteiger partial charge in [0.1, 0.15) is 5.82 Å². The third-order valence-electron chi connectivity index (χ3n) is 3.42. The minimum Gasteiger partial charge on any atom is -0.298 e. The molecule has 0 spiro atoms. The zero-order valence-corrected chi connectivity index (χ0v) is 12.8. The van der Waals surface area contributed by atoms with E-state index in [1.54, 1.807) is 13.0 Å². The number of benzene rings is 1. The molecule has 0 aromatic heterocycles. The zero-order valence-electron chi connectivity index (χ0n) is 11.3. The van der Waals surface area contributed by atoms with Crippen LogP contribution in [0.1, 0.15) is 18.9 Å². The van der Waals surface area contributed by atoms with Crippen LogP contribution in [0.4, 0.5) is 4.39 Å². The molecular formula is C13H18ClFN2O2S. The summed E-state index contributed by atoms with van der Waals surface area (Å²) in [5.74, 6) is -0.313.